The van der Waals surface area contributed by atoms with Gasteiger partial charge in [0.25, 0.3) is 0 Å². The van der Waals surface area contributed by atoms with Crippen molar-refractivity contribution < 1.29 is 0 Å². The quantitative estimate of drug-likeness (QED) is 0.854. The van der Waals surface area contributed by atoms with Gasteiger partial charge in [-0.1, -0.05) is 6.92 Å². The summed E-state index contributed by atoms with van der Waals surface area (Å²) in [6, 6.07) is 1.96. The number of nitrogen functional groups attached to an aromatic ring is 1. The Morgan fingerprint density at radius 1 is 1.31 bits per heavy atom. The maximum absolute atomic E-state index is 6.03. The van der Waals surface area contributed by atoms with Gasteiger partial charge in [-0.15, -0.1) is 0 Å². The smallest absolute Gasteiger partial charge is 0.175 e. The van der Waals surface area contributed by atoms with Gasteiger partial charge in [0.15, 0.2) is 5.82 Å². The van der Waals surface area contributed by atoms with Gasteiger partial charge in [0, 0.05) is 12.7 Å². The third-order valence-corrected chi connectivity index (χ3v) is 2.52. The third kappa shape index (κ3) is 1.68. The van der Waals surface area contributed by atoms with Crippen molar-refractivity contribution in [2.75, 3.05) is 5.73 Å². The lowest BCUT2D eigenvalue weighted by Crippen LogP contribution is -2.09. The summed E-state index contributed by atoms with van der Waals surface area (Å²) in [6.07, 6.45) is 2.93. The molecule has 0 saturated carbocycles. The van der Waals surface area contributed by atoms with Crippen molar-refractivity contribution in [1.82, 2.24) is 19.6 Å². The number of nitrogens with zero attached hydrogens (tertiary/aromatic N) is 4. The second-order valence-corrected chi connectivity index (χ2v) is 3.95. The van der Waals surface area contributed by atoms with E-state index in [1.807, 2.05) is 30.8 Å². The minimum Gasteiger partial charge on any atom is -0.394 e. The molecule has 0 unspecified atom stereocenters. The Hall–Kier alpha value is -1.78. The molecule has 2 aromatic rings. The van der Waals surface area contributed by atoms with Crippen molar-refractivity contribution in [2.24, 2.45) is 0 Å². The average Bonchev–Trinajstić information content (AvgIpc) is 2.74. The van der Waals surface area contributed by atoms with E-state index >= 15 is 0 Å². The van der Waals surface area contributed by atoms with Gasteiger partial charge in [-0.3, -0.25) is 0 Å². The summed E-state index contributed by atoms with van der Waals surface area (Å²) in [7, 11) is 0. The summed E-state index contributed by atoms with van der Waals surface area (Å²) in [6.45, 7) is 6.85. The molecule has 2 heterocycles. The summed E-state index contributed by atoms with van der Waals surface area (Å²) in [5.74, 6) is 0.868. The second-order valence-electron chi connectivity index (χ2n) is 3.95. The van der Waals surface area contributed by atoms with Crippen molar-refractivity contribution in [2.45, 2.75) is 33.7 Å². The van der Waals surface area contributed by atoms with Crippen LogP contribution in [-0.2, 0) is 6.54 Å². The van der Waals surface area contributed by atoms with Crippen LogP contribution in [0.1, 0.15) is 24.7 Å². The van der Waals surface area contributed by atoms with Gasteiger partial charge < -0.3 is 5.73 Å². The molecule has 0 fully saturated rings. The van der Waals surface area contributed by atoms with Crippen LogP contribution in [0.15, 0.2) is 12.3 Å². The van der Waals surface area contributed by atoms with E-state index in [1.54, 1.807) is 4.68 Å². The minimum atomic E-state index is 0.705. The van der Waals surface area contributed by atoms with Gasteiger partial charge in [-0.25, -0.2) is 9.36 Å². The first-order valence-electron chi connectivity index (χ1n) is 5.49. The maximum Gasteiger partial charge on any atom is 0.175 e. The number of hydrogen-bond donors (Lipinski definition) is 1. The first-order valence-corrected chi connectivity index (χ1v) is 5.49. The second kappa shape index (κ2) is 4.00. The van der Waals surface area contributed by atoms with Gasteiger partial charge in [0.2, 0.25) is 0 Å². The van der Waals surface area contributed by atoms with Crippen LogP contribution in [0, 0.1) is 13.8 Å². The predicted molar refractivity (Wildman–Crippen MR) is 63.5 cm³/mol. The Labute approximate surface area is 94.9 Å². The molecule has 0 amide bonds. The van der Waals surface area contributed by atoms with Gasteiger partial charge >= 0.3 is 0 Å². The van der Waals surface area contributed by atoms with E-state index < -0.39 is 0 Å². The SMILES string of the molecule is CCCn1nc(C)c(N)c1-n1ccc(C)n1. The van der Waals surface area contributed by atoms with E-state index in [-0.39, 0.29) is 0 Å². The van der Waals surface area contributed by atoms with E-state index in [1.165, 1.54) is 0 Å². The molecular weight excluding hydrogens is 202 g/mol. The number of rotatable bonds is 3. The maximum atomic E-state index is 6.03. The molecule has 5 nitrogen and oxygen atoms in total. The first-order chi connectivity index (χ1) is 7.63. The van der Waals surface area contributed by atoms with Crippen LogP contribution in [0.25, 0.3) is 5.82 Å². The predicted octanol–water partition coefficient (Wildman–Crippen LogP) is 1.68. The molecule has 16 heavy (non-hydrogen) atoms. The Kier molecular flexibility index (Phi) is 2.68. The largest absolute Gasteiger partial charge is 0.394 e. The summed E-state index contributed by atoms with van der Waals surface area (Å²) in [5, 5.41) is 8.79. The average molecular weight is 219 g/mol. The van der Waals surface area contributed by atoms with E-state index in [0.717, 1.165) is 30.2 Å². The summed E-state index contributed by atoms with van der Waals surface area (Å²) in [5.41, 5.74) is 8.57. The highest BCUT2D eigenvalue weighted by Crippen LogP contribution is 2.20. The fraction of sp³-hybridized carbons (Fsp3) is 0.455. The zero-order valence-corrected chi connectivity index (χ0v) is 9.94. The molecule has 0 atom stereocenters. The molecule has 0 aliphatic carbocycles. The highest BCUT2D eigenvalue weighted by molar-refractivity contribution is 5.56. The monoisotopic (exact) mass is 219 g/mol. The number of hydrogen-bond acceptors (Lipinski definition) is 3. The fourth-order valence-corrected chi connectivity index (χ4v) is 1.73. The Bertz CT molecular complexity index is 494. The van der Waals surface area contributed by atoms with Crippen LogP contribution in [0.3, 0.4) is 0 Å². The van der Waals surface area contributed by atoms with Gasteiger partial charge in [0.05, 0.1) is 17.1 Å². The van der Waals surface area contributed by atoms with E-state index in [9.17, 15) is 0 Å². The van der Waals surface area contributed by atoms with Crippen LogP contribution in [0.2, 0.25) is 0 Å². The number of anilines is 1. The van der Waals surface area contributed by atoms with Gasteiger partial charge in [0.1, 0.15) is 0 Å². The van der Waals surface area contributed by atoms with Gasteiger partial charge in [-0.05, 0) is 26.3 Å². The van der Waals surface area contributed by atoms with Crippen LogP contribution in [-0.4, -0.2) is 19.6 Å². The Morgan fingerprint density at radius 2 is 2.06 bits per heavy atom. The molecule has 0 radical (unpaired) electrons. The number of aryl methyl sites for hydroxylation is 3. The summed E-state index contributed by atoms with van der Waals surface area (Å²) >= 11 is 0. The molecule has 0 aliphatic rings. The highest BCUT2D eigenvalue weighted by atomic mass is 15.4. The molecule has 2 rings (SSSR count). The lowest BCUT2D eigenvalue weighted by Gasteiger charge is -2.06. The van der Waals surface area contributed by atoms with Crippen LogP contribution >= 0.6 is 0 Å². The third-order valence-electron chi connectivity index (χ3n) is 2.52. The zero-order chi connectivity index (χ0) is 11.7. The first kappa shape index (κ1) is 10.7. The molecule has 0 spiro atoms. The zero-order valence-electron chi connectivity index (χ0n) is 9.94. The fourth-order valence-electron chi connectivity index (χ4n) is 1.73. The lowest BCUT2D eigenvalue weighted by atomic mass is 10.4. The molecule has 0 aromatic carbocycles. The normalized spacial score (nSPS) is 10.9. The molecule has 0 bridgehead atoms. The van der Waals surface area contributed by atoms with E-state index in [4.69, 9.17) is 5.73 Å². The van der Waals surface area contributed by atoms with Gasteiger partial charge in [-0.2, -0.15) is 10.2 Å². The van der Waals surface area contributed by atoms with Crippen LogP contribution in [0.5, 0.6) is 0 Å². The Morgan fingerprint density at radius 3 is 2.62 bits per heavy atom. The number of aromatic nitrogens is 4. The molecule has 5 heteroatoms. The standard InChI is InChI=1S/C11H17N5/c1-4-6-15-11(10(12)9(3)14-15)16-7-5-8(2)13-16/h5,7H,4,6,12H2,1-3H3. The van der Waals surface area contributed by atoms with E-state index in [2.05, 4.69) is 17.1 Å². The van der Waals surface area contributed by atoms with E-state index in [0.29, 0.717) is 5.69 Å². The Balaban J connectivity index is 2.53. The van der Waals surface area contributed by atoms with Crippen LogP contribution < -0.4 is 5.73 Å². The van der Waals surface area contributed by atoms with Crippen molar-refractivity contribution in [3.05, 3.63) is 23.7 Å². The minimum absolute atomic E-state index is 0.705. The molecule has 0 aliphatic heterocycles. The van der Waals surface area contributed by atoms with Crippen molar-refractivity contribution in [3.8, 4) is 5.82 Å². The molecule has 2 N–H and O–H groups in total. The molecule has 2 aromatic heterocycles. The topological polar surface area (TPSA) is 61.7 Å². The van der Waals surface area contributed by atoms with Crippen molar-refractivity contribution >= 4 is 5.69 Å². The highest BCUT2D eigenvalue weighted by Gasteiger charge is 2.14. The van der Waals surface area contributed by atoms with Crippen molar-refractivity contribution in [1.29, 1.82) is 0 Å². The lowest BCUT2D eigenvalue weighted by molar-refractivity contribution is 0.573. The summed E-state index contributed by atoms with van der Waals surface area (Å²) in [4.78, 5) is 0. The van der Waals surface area contributed by atoms with Crippen LogP contribution in [0.4, 0.5) is 5.69 Å². The molecule has 0 saturated heterocycles. The number of nitrogens with two attached hydrogens (primary N) is 1. The summed E-state index contributed by atoms with van der Waals surface area (Å²) < 4.78 is 3.71. The molecule has 86 valence electrons. The molecular formula is C11H17N5. The van der Waals surface area contributed by atoms with Crippen molar-refractivity contribution in [3.63, 3.8) is 0 Å².